The lowest BCUT2D eigenvalue weighted by molar-refractivity contribution is -0.137. The third kappa shape index (κ3) is 4.53. The molecule has 150 valence electrons. The van der Waals surface area contributed by atoms with Crippen molar-refractivity contribution in [1.82, 2.24) is 9.80 Å². The zero-order chi connectivity index (χ0) is 20.3. The molecule has 0 aliphatic carbocycles. The molecular formula is C19H20F3N3O3. The van der Waals surface area contributed by atoms with E-state index in [1.54, 1.807) is 22.8 Å². The fourth-order valence-electron chi connectivity index (χ4n) is 3.12. The smallest absolute Gasteiger partial charge is 0.418 e. The van der Waals surface area contributed by atoms with E-state index in [1.807, 2.05) is 0 Å². The Balaban J connectivity index is 1.53. The highest BCUT2D eigenvalue weighted by Gasteiger charge is 2.33. The van der Waals surface area contributed by atoms with Gasteiger partial charge in [0.25, 0.3) is 5.91 Å². The highest BCUT2D eigenvalue weighted by Crippen LogP contribution is 2.34. The number of anilines is 1. The van der Waals surface area contributed by atoms with E-state index >= 15 is 0 Å². The second kappa shape index (κ2) is 8.05. The Bertz CT molecular complexity index is 855. The normalized spacial score (nSPS) is 15.5. The van der Waals surface area contributed by atoms with Gasteiger partial charge in [-0.05, 0) is 25.1 Å². The summed E-state index contributed by atoms with van der Waals surface area (Å²) in [5.74, 6) is -0.105. The molecule has 0 spiro atoms. The number of nitrogens with one attached hydrogen (secondary N) is 1. The number of hydrogen-bond acceptors (Lipinski definition) is 4. The third-order valence-corrected chi connectivity index (χ3v) is 4.62. The minimum Gasteiger partial charge on any atom is -0.469 e. The SMILES string of the molecule is Cc1occc1C(=O)N1CCN(CC(=O)Nc2ccccc2C(F)(F)F)CC1. The zero-order valence-corrected chi connectivity index (χ0v) is 15.3. The third-order valence-electron chi connectivity index (χ3n) is 4.62. The molecule has 0 bridgehead atoms. The first-order chi connectivity index (χ1) is 13.3. The number of nitrogens with zero attached hydrogens (tertiary/aromatic N) is 2. The molecule has 0 radical (unpaired) electrons. The molecule has 0 saturated carbocycles. The van der Waals surface area contributed by atoms with Crippen LogP contribution in [-0.4, -0.2) is 54.3 Å². The van der Waals surface area contributed by atoms with Gasteiger partial charge in [0.15, 0.2) is 0 Å². The summed E-state index contributed by atoms with van der Waals surface area (Å²) in [4.78, 5) is 28.1. The first kappa shape index (κ1) is 19.9. The number of benzene rings is 1. The summed E-state index contributed by atoms with van der Waals surface area (Å²) < 4.78 is 44.2. The predicted molar refractivity (Wildman–Crippen MR) is 95.9 cm³/mol. The maximum Gasteiger partial charge on any atom is 0.418 e. The van der Waals surface area contributed by atoms with Gasteiger partial charge >= 0.3 is 6.18 Å². The molecule has 1 N–H and O–H groups in total. The molecule has 0 atom stereocenters. The lowest BCUT2D eigenvalue weighted by atomic mass is 10.1. The first-order valence-corrected chi connectivity index (χ1v) is 8.77. The molecule has 2 heterocycles. The van der Waals surface area contributed by atoms with Crippen molar-refractivity contribution in [3.05, 3.63) is 53.5 Å². The summed E-state index contributed by atoms with van der Waals surface area (Å²) >= 11 is 0. The van der Waals surface area contributed by atoms with Crippen LogP contribution in [0.5, 0.6) is 0 Å². The van der Waals surface area contributed by atoms with Gasteiger partial charge in [0, 0.05) is 26.2 Å². The van der Waals surface area contributed by atoms with Crippen LogP contribution in [0.15, 0.2) is 41.0 Å². The Morgan fingerprint density at radius 2 is 1.79 bits per heavy atom. The Kier molecular flexibility index (Phi) is 5.73. The minimum absolute atomic E-state index is 0.0427. The van der Waals surface area contributed by atoms with Crippen molar-refractivity contribution < 1.29 is 27.2 Å². The van der Waals surface area contributed by atoms with Gasteiger partial charge in [-0.25, -0.2) is 0 Å². The average molecular weight is 395 g/mol. The van der Waals surface area contributed by atoms with Crippen molar-refractivity contribution >= 4 is 17.5 Å². The topological polar surface area (TPSA) is 65.8 Å². The van der Waals surface area contributed by atoms with Gasteiger partial charge in [-0.2, -0.15) is 13.2 Å². The second-order valence-electron chi connectivity index (χ2n) is 6.55. The van der Waals surface area contributed by atoms with Gasteiger partial charge in [-0.15, -0.1) is 0 Å². The lowest BCUT2D eigenvalue weighted by Gasteiger charge is -2.34. The largest absolute Gasteiger partial charge is 0.469 e. The van der Waals surface area contributed by atoms with Crippen LogP contribution in [0.4, 0.5) is 18.9 Å². The lowest BCUT2D eigenvalue weighted by Crippen LogP contribution is -2.50. The van der Waals surface area contributed by atoms with Gasteiger partial charge in [0.2, 0.25) is 5.91 Å². The molecule has 1 saturated heterocycles. The summed E-state index contributed by atoms with van der Waals surface area (Å²) in [5, 5.41) is 2.33. The average Bonchev–Trinajstić information content (AvgIpc) is 3.07. The van der Waals surface area contributed by atoms with E-state index < -0.39 is 17.6 Å². The van der Waals surface area contributed by atoms with Crippen LogP contribution in [0, 0.1) is 6.92 Å². The second-order valence-corrected chi connectivity index (χ2v) is 6.55. The molecule has 28 heavy (non-hydrogen) atoms. The molecule has 3 rings (SSSR count). The van der Waals surface area contributed by atoms with E-state index in [-0.39, 0.29) is 18.1 Å². The summed E-state index contributed by atoms with van der Waals surface area (Å²) in [6, 6.07) is 6.49. The van der Waals surface area contributed by atoms with Crippen molar-refractivity contribution in [3.63, 3.8) is 0 Å². The number of piperazine rings is 1. The number of amides is 2. The van der Waals surface area contributed by atoms with Crippen molar-refractivity contribution in [3.8, 4) is 0 Å². The quantitative estimate of drug-likeness (QED) is 0.865. The number of para-hydroxylation sites is 1. The molecule has 2 amide bonds. The number of carbonyl (C=O) groups is 2. The van der Waals surface area contributed by atoms with Gasteiger partial charge in [0.05, 0.1) is 29.6 Å². The number of carbonyl (C=O) groups excluding carboxylic acids is 2. The van der Waals surface area contributed by atoms with Crippen LogP contribution in [0.25, 0.3) is 0 Å². The van der Waals surface area contributed by atoms with Crippen LogP contribution in [-0.2, 0) is 11.0 Å². The fourth-order valence-corrected chi connectivity index (χ4v) is 3.12. The number of halogens is 3. The predicted octanol–water partition coefficient (Wildman–Crippen LogP) is 3.00. The Morgan fingerprint density at radius 3 is 2.39 bits per heavy atom. The van der Waals surface area contributed by atoms with E-state index in [2.05, 4.69) is 5.32 Å². The summed E-state index contributed by atoms with van der Waals surface area (Å²) in [5.41, 5.74) is -0.631. The van der Waals surface area contributed by atoms with E-state index in [0.29, 0.717) is 37.5 Å². The van der Waals surface area contributed by atoms with Gasteiger partial charge < -0.3 is 14.6 Å². The molecule has 0 unspecified atom stereocenters. The van der Waals surface area contributed by atoms with Crippen LogP contribution >= 0.6 is 0 Å². The molecular weight excluding hydrogens is 375 g/mol. The molecule has 1 aromatic carbocycles. The minimum atomic E-state index is -4.54. The number of aryl methyl sites for hydroxylation is 1. The van der Waals surface area contributed by atoms with Crippen LogP contribution in [0.2, 0.25) is 0 Å². The monoisotopic (exact) mass is 395 g/mol. The molecule has 9 heteroatoms. The van der Waals surface area contributed by atoms with Crippen molar-refractivity contribution in [2.24, 2.45) is 0 Å². The summed E-state index contributed by atoms with van der Waals surface area (Å²) in [7, 11) is 0. The van der Waals surface area contributed by atoms with Gasteiger partial charge in [-0.3, -0.25) is 14.5 Å². The van der Waals surface area contributed by atoms with E-state index in [9.17, 15) is 22.8 Å². The standard InChI is InChI=1S/C19H20F3N3O3/c1-13-14(6-11-28-13)18(27)25-9-7-24(8-10-25)12-17(26)23-16-5-3-2-4-15(16)19(20,21)22/h2-6,11H,7-10,12H2,1H3,(H,23,26). The number of alkyl halides is 3. The fraction of sp³-hybridized carbons (Fsp3) is 0.368. The summed E-state index contributed by atoms with van der Waals surface area (Å²) in [6.07, 6.45) is -3.08. The van der Waals surface area contributed by atoms with E-state index in [0.717, 1.165) is 6.07 Å². The van der Waals surface area contributed by atoms with Crippen molar-refractivity contribution in [2.75, 3.05) is 38.0 Å². The summed E-state index contributed by atoms with van der Waals surface area (Å²) in [6.45, 7) is 3.44. The van der Waals surface area contributed by atoms with E-state index in [1.165, 1.54) is 24.5 Å². The molecule has 1 aliphatic rings. The molecule has 6 nitrogen and oxygen atoms in total. The van der Waals surface area contributed by atoms with Crippen molar-refractivity contribution in [1.29, 1.82) is 0 Å². The van der Waals surface area contributed by atoms with Crippen LogP contribution in [0.1, 0.15) is 21.7 Å². The Morgan fingerprint density at radius 1 is 1.11 bits per heavy atom. The zero-order valence-electron chi connectivity index (χ0n) is 15.3. The van der Waals surface area contributed by atoms with Crippen molar-refractivity contribution in [2.45, 2.75) is 13.1 Å². The Hall–Kier alpha value is -2.81. The number of furan rings is 1. The van der Waals surface area contributed by atoms with Crippen LogP contribution < -0.4 is 5.32 Å². The Labute approximate surface area is 159 Å². The number of rotatable bonds is 4. The van der Waals surface area contributed by atoms with Crippen LogP contribution in [0.3, 0.4) is 0 Å². The van der Waals surface area contributed by atoms with Gasteiger partial charge in [0.1, 0.15) is 5.76 Å². The number of hydrogen-bond donors (Lipinski definition) is 1. The maximum absolute atomic E-state index is 13.0. The highest BCUT2D eigenvalue weighted by atomic mass is 19.4. The molecule has 2 aromatic rings. The van der Waals surface area contributed by atoms with Gasteiger partial charge in [-0.1, -0.05) is 12.1 Å². The first-order valence-electron chi connectivity index (χ1n) is 8.77. The maximum atomic E-state index is 13.0. The molecule has 1 aromatic heterocycles. The van der Waals surface area contributed by atoms with E-state index in [4.69, 9.17) is 4.42 Å². The molecule has 1 aliphatic heterocycles. The molecule has 1 fully saturated rings. The highest BCUT2D eigenvalue weighted by molar-refractivity contribution is 5.95.